The summed E-state index contributed by atoms with van der Waals surface area (Å²) in [5.74, 6) is 0.914. The molecule has 8 nitrogen and oxygen atoms in total. The maximum atomic E-state index is 10.8. The Morgan fingerprint density at radius 2 is 1.81 bits per heavy atom. The van der Waals surface area contributed by atoms with Crippen molar-refractivity contribution in [1.82, 2.24) is 4.68 Å². The van der Waals surface area contributed by atoms with Crippen molar-refractivity contribution in [3.8, 4) is 0 Å². The van der Waals surface area contributed by atoms with Crippen LogP contribution in [0.5, 0.6) is 0 Å². The second-order valence-electron chi connectivity index (χ2n) is 6.98. The number of nitro groups is 1. The summed E-state index contributed by atoms with van der Waals surface area (Å²) in [5.41, 5.74) is 3.79. The monoisotopic (exact) mass is 440 g/mol. The van der Waals surface area contributed by atoms with E-state index in [2.05, 4.69) is 27.2 Å². The molecular weight excluding hydrogens is 416 g/mol. The zero-order valence-corrected chi connectivity index (χ0v) is 18.7. The van der Waals surface area contributed by atoms with E-state index in [0.29, 0.717) is 0 Å². The zero-order chi connectivity index (χ0) is 21.7. The third kappa shape index (κ3) is 5.76. The Morgan fingerprint density at radius 3 is 2.35 bits per heavy atom. The van der Waals surface area contributed by atoms with E-state index in [1.165, 1.54) is 12.1 Å². The number of benzene rings is 2. The molecule has 3 rings (SSSR count). The van der Waals surface area contributed by atoms with Gasteiger partial charge in [0.25, 0.3) is 5.69 Å². The number of hydrogen-bond donors (Lipinski definition) is 0. The summed E-state index contributed by atoms with van der Waals surface area (Å²) in [5, 5.41) is 20.0. The molecule has 2 aromatic carbocycles. The normalized spacial score (nSPS) is 11.4. The molecule has 0 bridgehead atoms. The smallest absolute Gasteiger partial charge is 0.307 e. The number of aromatic nitrogens is 2. The second-order valence-corrected chi connectivity index (χ2v) is 6.98. The highest BCUT2D eigenvalue weighted by molar-refractivity contribution is 5.98. The van der Waals surface area contributed by atoms with Gasteiger partial charge in [-0.15, -0.1) is 9.35 Å². The molecule has 0 fully saturated rings. The summed E-state index contributed by atoms with van der Waals surface area (Å²) in [7, 11) is 4.02. The lowest BCUT2D eigenvalue weighted by Crippen LogP contribution is -3.00. The molecule has 0 radical (unpaired) electrons. The molecule has 0 amide bonds. The highest BCUT2D eigenvalue weighted by Crippen LogP contribution is 2.13. The Balaban J connectivity index is 0.00000341. The fraction of sp³-hybridized carbons (Fsp3) is 0.227. The van der Waals surface area contributed by atoms with Crippen LogP contribution in [0.3, 0.4) is 0 Å². The predicted octanol–water partition coefficient (Wildman–Crippen LogP) is 0.471. The number of non-ortho nitro benzene ring substituents is 1. The lowest BCUT2D eigenvalue weighted by molar-refractivity contribution is -0.685. The van der Waals surface area contributed by atoms with Crippen molar-refractivity contribution < 1.29 is 22.0 Å². The molecule has 0 atom stereocenters. The minimum absolute atomic E-state index is 0. The molecule has 0 unspecified atom stereocenters. The molecule has 0 N–H and O–H groups in total. The largest absolute Gasteiger partial charge is 1.00 e. The highest BCUT2D eigenvalue weighted by atomic mass is 35.5. The van der Waals surface area contributed by atoms with E-state index in [-0.39, 0.29) is 18.1 Å². The number of hydrogen-bond acceptors (Lipinski definition) is 5. The Bertz CT molecular complexity index is 1090. The van der Waals surface area contributed by atoms with Gasteiger partial charge in [-0.05, 0) is 42.3 Å². The quantitative estimate of drug-likeness (QED) is 0.232. The Hall–Kier alpha value is -3.52. The van der Waals surface area contributed by atoms with Crippen LogP contribution in [0.25, 0.3) is 0 Å². The van der Waals surface area contributed by atoms with Crippen LogP contribution in [-0.2, 0) is 6.42 Å². The summed E-state index contributed by atoms with van der Waals surface area (Å²) in [6.07, 6.45) is 6.26. The van der Waals surface area contributed by atoms with Crippen LogP contribution in [0.15, 0.2) is 71.1 Å². The van der Waals surface area contributed by atoms with Crippen LogP contribution >= 0.6 is 0 Å². The van der Waals surface area contributed by atoms with Gasteiger partial charge in [-0.1, -0.05) is 29.3 Å². The molecule has 0 saturated heterocycles. The number of imidazole rings is 1. The van der Waals surface area contributed by atoms with Gasteiger partial charge in [-0.3, -0.25) is 10.1 Å². The minimum atomic E-state index is -0.410. The molecule has 1 heterocycles. The lowest BCUT2D eigenvalue weighted by atomic mass is 10.1. The van der Waals surface area contributed by atoms with Gasteiger partial charge in [0.05, 0.1) is 23.3 Å². The average molecular weight is 441 g/mol. The van der Waals surface area contributed by atoms with Crippen LogP contribution in [0.2, 0.25) is 0 Å². The van der Waals surface area contributed by atoms with Crippen molar-refractivity contribution in [3.63, 3.8) is 0 Å². The van der Waals surface area contributed by atoms with Crippen LogP contribution < -0.4 is 22.0 Å². The van der Waals surface area contributed by atoms with Crippen molar-refractivity contribution in [2.75, 3.05) is 19.0 Å². The Morgan fingerprint density at radius 1 is 1.16 bits per heavy atom. The Labute approximate surface area is 187 Å². The third-order valence-electron chi connectivity index (χ3n) is 4.69. The van der Waals surface area contributed by atoms with E-state index in [1.807, 2.05) is 58.7 Å². The SMILES string of the molecule is CCc1n(N=Cc2ccc(N(C)C)cc2)cc[n+]1N=C(C)c1ccc([N+](=O)[O-])cc1.[Cl-]. The second kappa shape index (κ2) is 10.5. The Kier molecular flexibility index (Phi) is 8.04. The molecule has 31 heavy (non-hydrogen) atoms. The van der Waals surface area contributed by atoms with Gasteiger partial charge in [0.2, 0.25) is 0 Å². The van der Waals surface area contributed by atoms with Crippen molar-refractivity contribution in [3.05, 3.63) is 88.0 Å². The number of nitrogens with zero attached hydrogens (tertiary/aromatic N) is 6. The first-order valence-electron chi connectivity index (χ1n) is 9.63. The lowest BCUT2D eigenvalue weighted by Gasteiger charge is -2.11. The van der Waals surface area contributed by atoms with E-state index in [0.717, 1.165) is 34.8 Å². The molecule has 0 aliphatic rings. The fourth-order valence-corrected chi connectivity index (χ4v) is 2.95. The summed E-state index contributed by atoms with van der Waals surface area (Å²) < 4.78 is 3.58. The first-order chi connectivity index (χ1) is 14.4. The third-order valence-corrected chi connectivity index (χ3v) is 4.69. The van der Waals surface area contributed by atoms with Crippen molar-refractivity contribution >= 4 is 23.3 Å². The van der Waals surface area contributed by atoms with Gasteiger partial charge in [0.15, 0.2) is 12.4 Å². The maximum Gasteiger partial charge on any atom is 0.307 e. The molecular formula is C22H25ClN6O2. The van der Waals surface area contributed by atoms with Gasteiger partial charge in [-0.25, -0.2) is 0 Å². The fourth-order valence-electron chi connectivity index (χ4n) is 2.95. The molecule has 0 aliphatic carbocycles. The maximum absolute atomic E-state index is 10.8. The van der Waals surface area contributed by atoms with Gasteiger partial charge >= 0.3 is 5.82 Å². The summed E-state index contributed by atoms with van der Waals surface area (Å²) in [6, 6.07) is 14.5. The number of rotatable bonds is 7. The van der Waals surface area contributed by atoms with Crippen LogP contribution in [0, 0.1) is 10.1 Å². The first-order valence-corrected chi connectivity index (χ1v) is 9.63. The van der Waals surface area contributed by atoms with E-state index in [1.54, 1.807) is 21.5 Å². The average Bonchev–Trinajstić information content (AvgIpc) is 3.13. The molecule has 1 aromatic heterocycles. The molecule has 0 aliphatic heterocycles. The van der Waals surface area contributed by atoms with Crippen molar-refractivity contribution in [1.29, 1.82) is 0 Å². The first kappa shape index (κ1) is 23.8. The highest BCUT2D eigenvalue weighted by Gasteiger charge is 2.16. The minimum Gasteiger partial charge on any atom is -1.00 e. The van der Waals surface area contributed by atoms with Crippen molar-refractivity contribution in [2.24, 2.45) is 10.2 Å². The van der Waals surface area contributed by atoms with E-state index in [9.17, 15) is 10.1 Å². The molecule has 3 aromatic rings. The van der Waals surface area contributed by atoms with Gasteiger partial charge < -0.3 is 17.3 Å². The molecule has 0 saturated carbocycles. The van der Waals surface area contributed by atoms with Gasteiger partial charge in [0.1, 0.15) is 0 Å². The van der Waals surface area contributed by atoms with E-state index >= 15 is 0 Å². The topological polar surface area (TPSA) is 79.9 Å². The van der Waals surface area contributed by atoms with Gasteiger partial charge in [0, 0.05) is 31.9 Å². The molecule has 162 valence electrons. The summed E-state index contributed by atoms with van der Waals surface area (Å²) in [6.45, 7) is 3.92. The molecule has 0 spiro atoms. The van der Waals surface area contributed by atoms with Gasteiger partial charge in [-0.2, -0.15) is 0 Å². The van der Waals surface area contributed by atoms with Crippen LogP contribution in [0.1, 0.15) is 30.8 Å². The molecule has 9 heteroatoms. The predicted molar refractivity (Wildman–Crippen MR) is 118 cm³/mol. The standard InChI is InChI=1S/C22H25N6O2.ClH/c1-5-22-26(23-16-18-6-10-20(11-7-18)25(3)4)14-15-27(22)24-17(2)19-8-12-21(13-9-19)28(29)30;/h6-16H,5H2,1-4H3;1H/q+1;/p-1. The number of anilines is 1. The summed E-state index contributed by atoms with van der Waals surface area (Å²) in [4.78, 5) is 12.5. The summed E-state index contributed by atoms with van der Waals surface area (Å²) >= 11 is 0. The zero-order valence-electron chi connectivity index (χ0n) is 17.9. The van der Waals surface area contributed by atoms with E-state index in [4.69, 9.17) is 0 Å². The van der Waals surface area contributed by atoms with Crippen molar-refractivity contribution in [2.45, 2.75) is 20.3 Å². The van der Waals surface area contributed by atoms with Crippen LogP contribution in [-0.4, -0.2) is 35.6 Å². The number of halogens is 1. The van der Waals surface area contributed by atoms with Crippen LogP contribution in [0.4, 0.5) is 11.4 Å². The van der Waals surface area contributed by atoms with E-state index < -0.39 is 4.92 Å². The number of nitro benzene ring substituents is 1.